The third-order valence-corrected chi connectivity index (χ3v) is 8.57. The highest BCUT2D eigenvalue weighted by molar-refractivity contribution is 5.74. The normalized spacial score (nSPS) is 12.4. The topological polar surface area (TPSA) is 29.5 Å². The standard InChI is InChI=1S/C35H46O2/c1-9-27-14-19-33(37-8)32(24-27)31-18-17-30(23-26(31)7)35(12-4,13-5)29-16-15-28(25(6)22-29)20-21-34(36,10-2)11-3/h14-24,36H,9-13H2,1-8H3. The van der Waals surface area contributed by atoms with Crippen LogP contribution in [0.25, 0.3) is 17.2 Å². The van der Waals surface area contributed by atoms with E-state index in [1.165, 1.54) is 38.9 Å². The third-order valence-electron chi connectivity index (χ3n) is 8.57. The van der Waals surface area contributed by atoms with Gasteiger partial charge in [0, 0.05) is 11.0 Å². The Hall–Kier alpha value is -2.84. The Morgan fingerprint density at radius 2 is 1.35 bits per heavy atom. The quantitative estimate of drug-likeness (QED) is 0.285. The van der Waals surface area contributed by atoms with Gasteiger partial charge in [-0.1, -0.05) is 89.2 Å². The molecule has 3 aromatic carbocycles. The molecule has 3 rings (SSSR count). The van der Waals surface area contributed by atoms with Gasteiger partial charge in [-0.2, -0.15) is 0 Å². The van der Waals surface area contributed by atoms with E-state index in [4.69, 9.17) is 4.74 Å². The van der Waals surface area contributed by atoms with Crippen LogP contribution < -0.4 is 4.74 Å². The molecule has 0 spiro atoms. The monoisotopic (exact) mass is 498 g/mol. The van der Waals surface area contributed by atoms with E-state index in [1.54, 1.807) is 7.11 Å². The first-order valence-electron chi connectivity index (χ1n) is 14.0. The number of ether oxygens (including phenoxy) is 1. The van der Waals surface area contributed by atoms with Crippen LogP contribution in [-0.2, 0) is 11.8 Å². The summed E-state index contributed by atoms with van der Waals surface area (Å²) in [5, 5.41) is 10.7. The molecule has 0 aliphatic heterocycles. The van der Waals surface area contributed by atoms with E-state index < -0.39 is 5.60 Å². The van der Waals surface area contributed by atoms with Crippen LogP contribution in [0.2, 0.25) is 0 Å². The highest BCUT2D eigenvalue weighted by Crippen LogP contribution is 2.42. The number of hydrogen-bond donors (Lipinski definition) is 1. The Bertz CT molecular complexity index is 1230. The molecular weight excluding hydrogens is 452 g/mol. The van der Waals surface area contributed by atoms with Gasteiger partial charge in [0.25, 0.3) is 0 Å². The minimum Gasteiger partial charge on any atom is -0.496 e. The first-order valence-corrected chi connectivity index (χ1v) is 14.0. The van der Waals surface area contributed by atoms with E-state index in [-0.39, 0.29) is 5.41 Å². The first-order chi connectivity index (χ1) is 17.7. The molecule has 0 saturated carbocycles. The molecule has 0 amide bonds. The predicted molar refractivity (Wildman–Crippen MR) is 160 cm³/mol. The fraction of sp³-hybridized carbons (Fsp3) is 0.429. The predicted octanol–water partition coefficient (Wildman–Crippen LogP) is 9.21. The van der Waals surface area contributed by atoms with E-state index in [2.05, 4.69) is 95.3 Å². The molecule has 0 heterocycles. The molecule has 0 saturated heterocycles. The Labute approximate surface area is 225 Å². The van der Waals surface area contributed by atoms with Crippen LogP contribution in [-0.4, -0.2) is 17.8 Å². The molecule has 0 bridgehead atoms. The van der Waals surface area contributed by atoms with Crippen LogP contribution in [0.1, 0.15) is 93.7 Å². The molecule has 0 aliphatic rings. The average Bonchev–Trinajstić information content (AvgIpc) is 2.93. The maximum absolute atomic E-state index is 10.7. The lowest BCUT2D eigenvalue weighted by molar-refractivity contribution is 0.0836. The van der Waals surface area contributed by atoms with Gasteiger partial charge in [0.2, 0.25) is 0 Å². The molecular formula is C35H46O2. The second-order valence-electron chi connectivity index (χ2n) is 10.4. The smallest absolute Gasteiger partial charge is 0.126 e. The second-order valence-corrected chi connectivity index (χ2v) is 10.4. The van der Waals surface area contributed by atoms with Crippen molar-refractivity contribution in [2.45, 2.75) is 91.6 Å². The average molecular weight is 499 g/mol. The van der Waals surface area contributed by atoms with Crippen molar-refractivity contribution in [2.75, 3.05) is 7.11 Å². The number of methoxy groups -OCH3 is 1. The lowest BCUT2D eigenvalue weighted by Crippen LogP contribution is -2.26. The van der Waals surface area contributed by atoms with Crippen LogP contribution in [0, 0.1) is 13.8 Å². The lowest BCUT2D eigenvalue weighted by atomic mass is 9.69. The highest BCUT2D eigenvalue weighted by Gasteiger charge is 2.31. The summed E-state index contributed by atoms with van der Waals surface area (Å²) in [6.07, 6.45) is 8.54. The summed E-state index contributed by atoms with van der Waals surface area (Å²) < 4.78 is 5.72. The van der Waals surface area contributed by atoms with Gasteiger partial charge >= 0.3 is 0 Å². The van der Waals surface area contributed by atoms with E-state index in [9.17, 15) is 5.11 Å². The van der Waals surface area contributed by atoms with Crippen molar-refractivity contribution < 1.29 is 9.84 Å². The third kappa shape index (κ3) is 5.85. The summed E-state index contributed by atoms with van der Waals surface area (Å²) in [5.74, 6) is 0.919. The Morgan fingerprint density at radius 1 is 0.730 bits per heavy atom. The fourth-order valence-electron chi connectivity index (χ4n) is 5.57. The molecule has 0 aromatic heterocycles. The summed E-state index contributed by atoms with van der Waals surface area (Å²) >= 11 is 0. The summed E-state index contributed by atoms with van der Waals surface area (Å²) in [4.78, 5) is 0. The zero-order valence-corrected chi connectivity index (χ0v) is 24.2. The van der Waals surface area contributed by atoms with Crippen molar-refractivity contribution in [3.05, 3.63) is 94.1 Å². The van der Waals surface area contributed by atoms with Gasteiger partial charge in [-0.3, -0.25) is 0 Å². The lowest BCUT2D eigenvalue weighted by Gasteiger charge is -2.34. The minimum absolute atomic E-state index is 0.0563. The molecule has 198 valence electrons. The fourth-order valence-corrected chi connectivity index (χ4v) is 5.57. The summed E-state index contributed by atoms with van der Waals surface area (Å²) in [6, 6.07) is 20.3. The van der Waals surface area contributed by atoms with Crippen LogP contribution in [0.4, 0.5) is 0 Å². The van der Waals surface area contributed by atoms with E-state index in [0.29, 0.717) is 0 Å². The van der Waals surface area contributed by atoms with Gasteiger partial charge in [-0.25, -0.2) is 0 Å². The minimum atomic E-state index is -0.736. The van der Waals surface area contributed by atoms with E-state index >= 15 is 0 Å². The molecule has 0 atom stereocenters. The first kappa shape index (κ1) is 28.7. The number of hydrogen-bond acceptors (Lipinski definition) is 2. The van der Waals surface area contributed by atoms with Crippen molar-refractivity contribution in [1.29, 1.82) is 0 Å². The van der Waals surface area contributed by atoms with Crippen molar-refractivity contribution in [3.63, 3.8) is 0 Å². The van der Waals surface area contributed by atoms with Crippen molar-refractivity contribution in [3.8, 4) is 16.9 Å². The Kier molecular flexibility index (Phi) is 9.42. The van der Waals surface area contributed by atoms with Crippen molar-refractivity contribution in [1.82, 2.24) is 0 Å². The van der Waals surface area contributed by atoms with Crippen LogP contribution in [0.15, 0.2) is 60.7 Å². The van der Waals surface area contributed by atoms with E-state index in [1.807, 2.05) is 19.9 Å². The zero-order valence-electron chi connectivity index (χ0n) is 24.2. The Balaban J connectivity index is 2.05. The van der Waals surface area contributed by atoms with Crippen LogP contribution in [0.3, 0.4) is 0 Å². The van der Waals surface area contributed by atoms with Crippen molar-refractivity contribution in [2.24, 2.45) is 0 Å². The van der Waals surface area contributed by atoms with Crippen LogP contribution >= 0.6 is 0 Å². The molecule has 0 aliphatic carbocycles. The molecule has 0 unspecified atom stereocenters. The largest absolute Gasteiger partial charge is 0.496 e. The molecule has 37 heavy (non-hydrogen) atoms. The Morgan fingerprint density at radius 3 is 1.86 bits per heavy atom. The van der Waals surface area contributed by atoms with Gasteiger partial charge in [-0.05, 0) is 97.0 Å². The van der Waals surface area contributed by atoms with Crippen molar-refractivity contribution >= 4 is 6.08 Å². The molecule has 2 heteroatoms. The maximum atomic E-state index is 10.7. The number of benzene rings is 3. The summed E-state index contributed by atoms with van der Waals surface area (Å²) in [5.41, 5.74) is 9.30. The number of aryl methyl sites for hydroxylation is 3. The molecule has 3 aromatic rings. The van der Waals surface area contributed by atoms with Gasteiger partial charge < -0.3 is 9.84 Å². The maximum Gasteiger partial charge on any atom is 0.126 e. The highest BCUT2D eigenvalue weighted by atomic mass is 16.5. The molecule has 0 fully saturated rings. The van der Waals surface area contributed by atoms with Gasteiger partial charge in [0.15, 0.2) is 0 Å². The number of rotatable bonds is 11. The summed E-state index contributed by atoms with van der Waals surface area (Å²) in [7, 11) is 1.75. The summed E-state index contributed by atoms with van der Waals surface area (Å²) in [6.45, 7) is 15.2. The SMILES string of the molecule is CCc1ccc(OC)c(-c2ccc(C(CC)(CC)c3ccc(C=CC(O)(CC)CC)c(C)c3)cc2C)c1. The molecule has 2 nitrogen and oxygen atoms in total. The van der Waals surface area contributed by atoms with Gasteiger partial charge in [0.1, 0.15) is 5.75 Å². The molecule has 0 radical (unpaired) electrons. The van der Waals surface area contributed by atoms with E-state index in [0.717, 1.165) is 43.4 Å². The van der Waals surface area contributed by atoms with Gasteiger partial charge in [-0.15, -0.1) is 0 Å². The molecule has 1 N–H and O–H groups in total. The van der Waals surface area contributed by atoms with Gasteiger partial charge in [0.05, 0.1) is 12.7 Å². The van der Waals surface area contributed by atoms with Crippen LogP contribution in [0.5, 0.6) is 5.75 Å². The number of aliphatic hydroxyl groups is 1. The second kappa shape index (κ2) is 12.1. The zero-order chi connectivity index (χ0) is 27.2.